The number of nitrogens with zero attached hydrogens (tertiary/aromatic N) is 2. The quantitative estimate of drug-likeness (QED) is 0.878. The summed E-state index contributed by atoms with van der Waals surface area (Å²) in [7, 11) is 0. The zero-order chi connectivity index (χ0) is 13.9. The van der Waals surface area contributed by atoms with Gasteiger partial charge in [-0.1, -0.05) is 18.2 Å². The molecule has 2 N–H and O–H groups in total. The van der Waals surface area contributed by atoms with Crippen LogP contribution in [0.1, 0.15) is 26.5 Å². The molecule has 0 spiro atoms. The van der Waals surface area contributed by atoms with E-state index in [2.05, 4.69) is 41.4 Å². The zero-order valence-electron chi connectivity index (χ0n) is 11.9. The highest BCUT2D eigenvalue weighted by molar-refractivity contribution is 5.57. The molecule has 2 aromatic rings. The van der Waals surface area contributed by atoms with Crippen LogP contribution in [0.15, 0.2) is 36.4 Å². The van der Waals surface area contributed by atoms with Gasteiger partial charge in [0.15, 0.2) is 0 Å². The van der Waals surface area contributed by atoms with Crippen molar-refractivity contribution in [2.75, 3.05) is 10.6 Å². The average molecular weight is 256 g/mol. The molecule has 4 nitrogen and oxygen atoms in total. The lowest BCUT2D eigenvalue weighted by Gasteiger charge is -2.21. The Kier molecular flexibility index (Phi) is 3.69. The molecule has 0 saturated carbocycles. The average Bonchev–Trinajstić information content (AvgIpc) is 2.26. The van der Waals surface area contributed by atoms with Crippen LogP contribution in [0.25, 0.3) is 0 Å². The molecule has 0 aliphatic heterocycles. The van der Waals surface area contributed by atoms with Crippen molar-refractivity contribution in [3.8, 4) is 0 Å². The van der Waals surface area contributed by atoms with Gasteiger partial charge in [-0.2, -0.15) is 4.98 Å². The molecule has 0 aliphatic carbocycles. The summed E-state index contributed by atoms with van der Waals surface area (Å²) in [6.45, 7) is 8.22. The number of anilines is 3. The number of benzene rings is 1. The Bertz CT molecular complexity index is 544. The minimum Gasteiger partial charge on any atom is -0.350 e. The van der Waals surface area contributed by atoms with Crippen molar-refractivity contribution in [1.82, 2.24) is 9.97 Å². The molecule has 100 valence electrons. The van der Waals surface area contributed by atoms with E-state index in [1.165, 1.54) is 0 Å². The van der Waals surface area contributed by atoms with Crippen molar-refractivity contribution in [3.05, 3.63) is 42.1 Å². The van der Waals surface area contributed by atoms with E-state index in [9.17, 15) is 0 Å². The molecule has 0 amide bonds. The molecule has 4 heteroatoms. The number of rotatable bonds is 3. The summed E-state index contributed by atoms with van der Waals surface area (Å²) in [5, 5.41) is 6.57. The Morgan fingerprint density at radius 3 is 2.32 bits per heavy atom. The van der Waals surface area contributed by atoms with Gasteiger partial charge in [0, 0.05) is 23.0 Å². The molecule has 1 heterocycles. The van der Waals surface area contributed by atoms with Crippen molar-refractivity contribution >= 4 is 17.5 Å². The predicted molar refractivity (Wildman–Crippen MR) is 79.9 cm³/mol. The molecule has 0 bridgehead atoms. The van der Waals surface area contributed by atoms with Crippen LogP contribution < -0.4 is 10.6 Å². The fraction of sp³-hybridized carbons (Fsp3) is 0.333. The Morgan fingerprint density at radius 1 is 1.00 bits per heavy atom. The topological polar surface area (TPSA) is 49.8 Å². The number of hydrogen-bond acceptors (Lipinski definition) is 4. The Hall–Kier alpha value is -2.10. The molecule has 0 saturated heterocycles. The van der Waals surface area contributed by atoms with Gasteiger partial charge in [0.2, 0.25) is 5.95 Å². The van der Waals surface area contributed by atoms with Crippen LogP contribution in [0.4, 0.5) is 17.5 Å². The van der Waals surface area contributed by atoms with Crippen molar-refractivity contribution in [1.29, 1.82) is 0 Å². The van der Waals surface area contributed by atoms with Crippen molar-refractivity contribution in [3.63, 3.8) is 0 Å². The van der Waals surface area contributed by atoms with E-state index in [0.717, 1.165) is 17.2 Å². The first-order chi connectivity index (χ1) is 8.92. The van der Waals surface area contributed by atoms with Crippen LogP contribution in [0, 0.1) is 6.92 Å². The minimum absolute atomic E-state index is 0.0577. The lowest BCUT2D eigenvalue weighted by Crippen LogP contribution is -2.27. The molecule has 0 radical (unpaired) electrons. The molecule has 0 fully saturated rings. The van der Waals surface area contributed by atoms with Crippen LogP contribution in [0.3, 0.4) is 0 Å². The van der Waals surface area contributed by atoms with Gasteiger partial charge >= 0.3 is 0 Å². The third-order valence-electron chi connectivity index (χ3n) is 2.39. The molecule has 2 rings (SSSR count). The lowest BCUT2D eigenvalue weighted by atomic mass is 10.1. The summed E-state index contributed by atoms with van der Waals surface area (Å²) in [4.78, 5) is 8.88. The Morgan fingerprint density at radius 2 is 1.68 bits per heavy atom. The van der Waals surface area contributed by atoms with Crippen LogP contribution in [-0.2, 0) is 0 Å². The van der Waals surface area contributed by atoms with Gasteiger partial charge in [0.1, 0.15) is 5.82 Å². The number of hydrogen-bond donors (Lipinski definition) is 2. The summed E-state index contributed by atoms with van der Waals surface area (Å²) in [6.07, 6.45) is 0. The smallest absolute Gasteiger partial charge is 0.225 e. The van der Waals surface area contributed by atoms with Crippen molar-refractivity contribution in [2.45, 2.75) is 33.2 Å². The van der Waals surface area contributed by atoms with Gasteiger partial charge in [-0.25, -0.2) is 4.98 Å². The van der Waals surface area contributed by atoms with E-state index in [1.807, 2.05) is 43.3 Å². The van der Waals surface area contributed by atoms with E-state index in [1.54, 1.807) is 0 Å². The monoisotopic (exact) mass is 256 g/mol. The number of para-hydroxylation sites is 1. The van der Waals surface area contributed by atoms with Crippen LogP contribution in [0.5, 0.6) is 0 Å². The maximum absolute atomic E-state index is 4.48. The summed E-state index contributed by atoms with van der Waals surface area (Å²) >= 11 is 0. The van der Waals surface area contributed by atoms with Gasteiger partial charge in [-0.05, 0) is 39.8 Å². The second kappa shape index (κ2) is 5.26. The molecule has 1 aromatic carbocycles. The van der Waals surface area contributed by atoms with Crippen LogP contribution in [0.2, 0.25) is 0 Å². The normalized spacial score (nSPS) is 11.2. The van der Waals surface area contributed by atoms with Crippen molar-refractivity contribution in [2.24, 2.45) is 0 Å². The Balaban J connectivity index is 2.22. The van der Waals surface area contributed by atoms with Gasteiger partial charge in [-0.3, -0.25) is 0 Å². The van der Waals surface area contributed by atoms with E-state index in [4.69, 9.17) is 0 Å². The molecule has 0 aliphatic rings. The van der Waals surface area contributed by atoms with E-state index < -0.39 is 0 Å². The summed E-state index contributed by atoms with van der Waals surface area (Å²) in [5.41, 5.74) is 1.89. The predicted octanol–water partition coefficient (Wildman–Crippen LogP) is 3.74. The maximum atomic E-state index is 4.48. The summed E-state index contributed by atoms with van der Waals surface area (Å²) < 4.78 is 0. The third kappa shape index (κ3) is 4.25. The second-order valence-electron chi connectivity index (χ2n) is 5.58. The fourth-order valence-corrected chi connectivity index (χ4v) is 1.69. The van der Waals surface area contributed by atoms with Crippen molar-refractivity contribution < 1.29 is 0 Å². The number of nitrogens with one attached hydrogen (secondary N) is 2. The minimum atomic E-state index is -0.0577. The number of aromatic nitrogens is 2. The van der Waals surface area contributed by atoms with Crippen LogP contribution >= 0.6 is 0 Å². The third-order valence-corrected chi connectivity index (χ3v) is 2.39. The van der Waals surface area contributed by atoms with Gasteiger partial charge in [-0.15, -0.1) is 0 Å². The largest absolute Gasteiger partial charge is 0.350 e. The second-order valence-corrected chi connectivity index (χ2v) is 5.58. The number of aryl methyl sites for hydroxylation is 1. The molecular weight excluding hydrogens is 236 g/mol. The van der Waals surface area contributed by atoms with E-state index in [-0.39, 0.29) is 5.54 Å². The summed E-state index contributed by atoms with van der Waals surface area (Å²) in [5.74, 6) is 1.44. The molecule has 19 heavy (non-hydrogen) atoms. The molecule has 1 aromatic heterocycles. The Labute approximate surface area is 114 Å². The first kappa shape index (κ1) is 13.3. The van der Waals surface area contributed by atoms with Gasteiger partial charge < -0.3 is 10.6 Å². The SMILES string of the molecule is Cc1cc(Nc2ccccc2)nc(NC(C)(C)C)n1. The highest BCUT2D eigenvalue weighted by Crippen LogP contribution is 2.18. The first-order valence-corrected chi connectivity index (χ1v) is 6.38. The summed E-state index contributed by atoms with van der Waals surface area (Å²) in [6, 6.07) is 11.9. The molecular formula is C15H20N4. The van der Waals surface area contributed by atoms with Gasteiger partial charge in [0.05, 0.1) is 0 Å². The molecule has 0 unspecified atom stereocenters. The standard InChI is InChI=1S/C15H20N4/c1-11-10-13(17-12-8-6-5-7-9-12)18-14(16-11)19-15(2,3)4/h5-10H,1-4H3,(H2,16,17,18,19). The van der Waals surface area contributed by atoms with Gasteiger partial charge in [0.25, 0.3) is 0 Å². The van der Waals surface area contributed by atoms with E-state index >= 15 is 0 Å². The van der Waals surface area contributed by atoms with Crippen LogP contribution in [-0.4, -0.2) is 15.5 Å². The fourth-order valence-electron chi connectivity index (χ4n) is 1.69. The highest BCUT2D eigenvalue weighted by Gasteiger charge is 2.12. The highest BCUT2D eigenvalue weighted by atomic mass is 15.2. The molecule has 0 atom stereocenters. The first-order valence-electron chi connectivity index (χ1n) is 6.38. The lowest BCUT2D eigenvalue weighted by molar-refractivity contribution is 0.625. The zero-order valence-corrected chi connectivity index (χ0v) is 11.9. The maximum Gasteiger partial charge on any atom is 0.225 e. The van der Waals surface area contributed by atoms with E-state index in [0.29, 0.717) is 5.95 Å².